The van der Waals surface area contributed by atoms with Gasteiger partial charge in [-0.3, -0.25) is 0 Å². The van der Waals surface area contributed by atoms with Crippen molar-refractivity contribution in [1.82, 2.24) is 0 Å². The summed E-state index contributed by atoms with van der Waals surface area (Å²) in [5.41, 5.74) is 0. The van der Waals surface area contributed by atoms with Gasteiger partial charge in [0, 0.05) is 0 Å². The van der Waals surface area contributed by atoms with E-state index in [0.29, 0.717) is 13.0 Å². The van der Waals surface area contributed by atoms with E-state index < -0.39 is 29.6 Å². The van der Waals surface area contributed by atoms with Gasteiger partial charge in [0.25, 0.3) is 0 Å². The van der Waals surface area contributed by atoms with Crippen LogP contribution in [0.25, 0.3) is 0 Å². The van der Waals surface area contributed by atoms with Gasteiger partial charge in [0.2, 0.25) is 5.79 Å². The summed E-state index contributed by atoms with van der Waals surface area (Å²) in [5, 5.41) is 10.4. The van der Waals surface area contributed by atoms with Gasteiger partial charge in [-0.15, -0.1) is 0 Å². The monoisotopic (exact) mass is 288 g/mol. The third-order valence-electron chi connectivity index (χ3n) is 4.06. The van der Waals surface area contributed by atoms with Gasteiger partial charge in [-0.05, 0) is 34.1 Å². The number of hydrogen-bond donors (Lipinski definition) is 1. The van der Waals surface area contributed by atoms with Crippen molar-refractivity contribution in [1.29, 1.82) is 0 Å². The molecule has 0 bridgehead atoms. The molecule has 0 radical (unpaired) electrons. The maximum atomic E-state index is 10.4. The summed E-state index contributed by atoms with van der Waals surface area (Å²) < 4.78 is 29.6. The topological polar surface area (TPSA) is 66.4 Å². The van der Waals surface area contributed by atoms with Gasteiger partial charge < -0.3 is 28.8 Å². The van der Waals surface area contributed by atoms with E-state index in [1.54, 1.807) is 0 Å². The second kappa shape index (κ2) is 4.38. The summed E-state index contributed by atoms with van der Waals surface area (Å²) in [6, 6.07) is 0. The fraction of sp³-hybridized carbons (Fsp3) is 1.00. The summed E-state index contributed by atoms with van der Waals surface area (Å²) in [6.07, 6.45) is -1.28. The predicted molar refractivity (Wildman–Crippen MR) is 68.8 cm³/mol. The highest BCUT2D eigenvalue weighted by atomic mass is 16.9. The molecular weight excluding hydrogens is 264 g/mol. The van der Waals surface area contributed by atoms with Crippen molar-refractivity contribution >= 4 is 0 Å². The van der Waals surface area contributed by atoms with Crippen LogP contribution < -0.4 is 0 Å². The van der Waals surface area contributed by atoms with Crippen LogP contribution in [0.5, 0.6) is 0 Å². The normalized spacial score (nSPS) is 46.8. The minimum absolute atomic E-state index is 0.204. The molecule has 3 rings (SSSR count). The predicted octanol–water partition coefficient (Wildman–Crippen LogP) is 1.16. The number of fused-ring (bicyclic) bond motifs is 3. The van der Waals surface area contributed by atoms with Crippen molar-refractivity contribution in [3.05, 3.63) is 0 Å². The van der Waals surface area contributed by atoms with Gasteiger partial charge in [0.1, 0.15) is 24.4 Å². The van der Waals surface area contributed by atoms with E-state index in [1.807, 2.05) is 34.6 Å². The van der Waals surface area contributed by atoms with E-state index in [1.165, 1.54) is 0 Å². The Hall–Kier alpha value is -0.240. The molecule has 0 amide bonds. The molecule has 6 nitrogen and oxygen atoms in total. The molecule has 0 aromatic heterocycles. The van der Waals surface area contributed by atoms with E-state index in [-0.39, 0.29) is 12.2 Å². The molecule has 3 aliphatic rings. The van der Waals surface area contributed by atoms with Crippen molar-refractivity contribution in [2.24, 2.45) is 0 Å². The lowest BCUT2D eigenvalue weighted by atomic mass is 9.92. The average Bonchev–Trinajstić information content (AvgIpc) is 2.80. The molecular formula is C14H24O6. The van der Waals surface area contributed by atoms with Crippen LogP contribution in [-0.2, 0) is 23.7 Å². The number of aliphatic hydroxyl groups excluding tert-OH is 1. The zero-order valence-electron chi connectivity index (χ0n) is 12.7. The zero-order valence-corrected chi connectivity index (χ0v) is 12.7. The molecule has 0 aromatic carbocycles. The van der Waals surface area contributed by atoms with Gasteiger partial charge >= 0.3 is 0 Å². The summed E-state index contributed by atoms with van der Waals surface area (Å²) in [6.45, 7) is 9.57. The lowest BCUT2D eigenvalue weighted by molar-refractivity contribution is -0.318. The van der Waals surface area contributed by atoms with Gasteiger partial charge in [-0.2, -0.15) is 0 Å². The highest BCUT2D eigenvalue weighted by Crippen LogP contribution is 2.49. The van der Waals surface area contributed by atoms with Crippen LogP contribution in [-0.4, -0.2) is 53.5 Å². The first-order chi connectivity index (χ1) is 9.19. The fourth-order valence-electron chi connectivity index (χ4n) is 3.36. The first-order valence-electron chi connectivity index (χ1n) is 7.25. The van der Waals surface area contributed by atoms with Gasteiger partial charge in [0.05, 0.1) is 6.61 Å². The molecule has 3 aliphatic heterocycles. The molecule has 3 fully saturated rings. The molecule has 0 unspecified atom stereocenters. The molecule has 0 aliphatic carbocycles. The number of aliphatic hydroxyl groups is 1. The van der Waals surface area contributed by atoms with Crippen LogP contribution in [0.3, 0.4) is 0 Å². The Morgan fingerprint density at radius 3 is 2.45 bits per heavy atom. The van der Waals surface area contributed by atoms with Gasteiger partial charge in [-0.25, -0.2) is 0 Å². The van der Waals surface area contributed by atoms with Crippen molar-refractivity contribution < 1.29 is 28.8 Å². The molecule has 0 saturated carbocycles. The second-order valence-corrected chi connectivity index (χ2v) is 6.64. The summed E-state index contributed by atoms with van der Waals surface area (Å²) >= 11 is 0. The van der Waals surface area contributed by atoms with Crippen LogP contribution in [0, 0.1) is 0 Å². The molecule has 6 heteroatoms. The minimum atomic E-state index is -1.18. The SMILES string of the molecule is CC[C@@H](O)[C@@]12OC[C@H]3OC(C)(C)O[C@H]3[C@@H]1OC(C)(C)O2. The van der Waals surface area contributed by atoms with Crippen molar-refractivity contribution in [2.75, 3.05) is 6.61 Å². The fourth-order valence-corrected chi connectivity index (χ4v) is 3.36. The Balaban J connectivity index is 1.94. The number of ether oxygens (including phenoxy) is 5. The van der Waals surface area contributed by atoms with E-state index >= 15 is 0 Å². The first kappa shape index (κ1) is 14.7. The second-order valence-electron chi connectivity index (χ2n) is 6.64. The molecule has 116 valence electrons. The molecule has 1 N–H and O–H groups in total. The van der Waals surface area contributed by atoms with E-state index in [4.69, 9.17) is 23.7 Å². The van der Waals surface area contributed by atoms with Crippen LogP contribution in [0.2, 0.25) is 0 Å². The van der Waals surface area contributed by atoms with Crippen LogP contribution in [0.15, 0.2) is 0 Å². The summed E-state index contributed by atoms with van der Waals surface area (Å²) in [5.74, 6) is -2.68. The van der Waals surface area contributed by atoms with Gasteiger partial charge in [0.15, 0.2) is 11.6 Å². The Bertz CT molecular complexity index is 395. The summed E-state index contributed by atoms with van der Waals surface area (Å²) in [4.78, 5) is 0. The largest absolute Gasteiger partial charge is 0.387 e. The highest BCUT2D eigenvalue weighted by molar-refractivity contribution is 5.05. The van der Waals surface area contributed by atoms with Crippen molar-refractivity contribution in [2.45, 2.75) is 82.8 Å². The van der Waals surface area contributed by atoms with E-state index in [2.05, 4.69) is 0 Å². The summed E-state index contributed by atoms with van der Waals surface area (Å²) in [7, 11) is 0. The molecule has 0 aromatic rings. The molecule has 3 saturated heterocycles. The maximum absolute atomic E-state index is 10.4. The van der Waals surface area contributed by atoms with Crippen LogP contribution in [0.1, 0.15) is 41.0 Å². The van der Waals surface area contributed by atoms with E-state index in [0.717, 1.165) is 0 Å². The van der Waals surface area contributed by atoms with Crippen LogP contribution >= 0.6 is 0 Å². The smallest absolute Gasteiger partial charge is 0.227 e. The third kappa shape index (κ3) is 2.10. The minimum Gasteiger partial charge on any atom is -0.387 e. The molecule has 0 spiro atoms. The Morgan fingerprint density at radius 2 is 1.80 bits per heavy atom. The molecule has 5 atom stereocenters. The lowest BCUT2D eigenvalue weighted by Crippen LogP contribution is -2.63. The van der Waals surface area contributed by atoms with Gasteiger partial charge in [-0.1, -0.05) is 6.92 Å². The highest BCUT2D eigenvalue weighted by Gasteiger charge is 2.67. The first-order valence-corrected chi connectivity index (χ1v) is 7.25. The zero-order chi connectivity index (χ0) is 14.8. The lowest BCUT2D eigenvalue weighted by Gasteiger charge is -2.43. The third-order valence-corrected chi connectivity index (χ3v) is 4.06. The van der Waals surface area contributed by atoms with Crippen molar-refractivity contribution in [3.63, 3.8) is 0 Å². The number of rotatable bonds is 2. The van der Waals surface area contributed by atoms with E-state index in [9.17, 15) is 5.11 Å². The average molecular weight is 288 g/mol. The Kier molecular flexibility index (Phi) is 3.22. The molecule has 3 heterocycles. The van der Waals surface area contributed by atoms with Crippen molar-refractivity contribution in [3.8, 4) is 0 Å². The number of hydrogen-bond acceptors (Lipinski definition) is 6. The molecule has 20 heavy (non-hydrogen) atoms. The Labute approximate surface area is 119 Å². The maximum Gasteiger partial charge on any atom is 0.227 e. The quantitative estimate of drug-likeness (QED) is 0.822. The van der Waals surface area contributed by atoms with Crippen LogP contribution in [0.4, 0.5) is 0 Å². The standard InChI is InChI=1S/C14H24O6/c1-6-9(15)14-11(19-13(4,5)20-14)10-8(7-16-14)17-12(2,3)18-10/h8-11,15H,6-7H2,1-5H3/t8-,9-,10-,11+,14+/m1/s1. The Morgan fingerprint density at radius 1 is 1.10 bits per heavy atom.